The van der Waals surface area contributed by atoms with Crippen LogP contribution in [0.3, 0.4) is 0 Å². The zero-order chi connectivity index (χ0) is 27.4. The number of non-ortho nitro benzene ring substituents is 2. The summed E-state index contributed by atoms with van der Waals surface area (Å²) in [5.41, 5.74) is 3.32. The lowest BCUT2D eigenvalue weighted by atomic mass is 9.97. The third-order valence-electron chi connectivity index (χ3n) is 7.24. The molecule has 0 atom stereocenters. The van der Waals surface area contributed by atoms with Gasteiger partial charge in [0.05, 0.1) is 9.85 Å². The van der Waals surface area contributed by atoms with Gasteiger partial charge in [-0.05, 0) is 79.5 Å². The normalized spacial score (nSPS) is 11.0. The molecule has 0 saturated heterocycles. The van der Waals surface area contributed by atoms with Gasteiger partial charge in [0.15, 0.2) is 0 Å². The lowest BCUT2D eigenvalue weighted by Crippen LogP contribution is -1.86. The van der Waals surface area contributed by atoms with E-state index in [0.717, 1.165) is 54.2 Å². The molecular formula is C34H16N2O4. The van der Waals surface area contributed by atoms with Crippen molar-refractivity contribution in [2.45, 2.75) is 0 Å². The van der Waals surface area contributed by atoms with Crippen LogP contribution in [-0.2, 0) is 0 Å². The van der Waals surface area contributed by atoms with Crippen LogP contribution in [0.25, 0.3) is 43.1 Å². The van der Waals surface area contributed by atoms with Crippen molar-refractivity contribution in [2.75, 3.05) is 0 Å². The molecule has 0 N–H and O–H groups in total. The van der Waals surface area contributed by atoms with E-state index in [9.17, 15) is 20.2 Å². The van der Waals surface area contributed by atoms with Gasteiger partial charge in [-0.1, -0.05) is 60.1 Å². The molecule has 6 nitrogen and oxygen atoms in total. The Morgan fingerprint density at radius 2 is 0.825 bits per heavy atom. The molecule has 6 heteroatoms. The Morgan fingerprint density at radius 1 is 0.450 bits per heavy atom. The molecule has 40 heavy (non-hydrogen) atoms. The van der Waals surface area contributed by atoms with Crippen molar-refractivity contribution in [2.24, 2.45) is 0 Å². The monoisotopic (exact) mass is 516 g/mol. The van der Waals surface area contributed by atoms with Gasteiger partial charge in [-0.3, -0.25) is 20.2 Å². The summed E-state index contributed by atoms with van der Waals surface area (Å²) in [6.45, 7) is 0. The predicted octanol–water partition coefficient (Wildman–Crippen LogP) is 7.79. The maximum absolute atomic E-state index is 11.0. The number of hydrogen-bond donors (Lipinski definition) is 0. The summed E-state index contributed by atoms with van der Waals surface area (Å²) in [6.07, 6.45) is 0. The minimum Gasteiger partial charge on any atom is -0.258 e. The van der Waals surface area contributed by atoms with Gasteiger partial charge in [0.1, 0.15) is 0 Å². The second-order valence-corrected chi connectivity index (χ2v) is 9.51. The van der Waals surface area contributed by atoms with Crippen molar-refractivity contribution < 1.29 is 9.85 Å². The Kier molecular flexibility index (Phi) is 5.10. The smallest absolute Gasteiger partial charge is 0.258 e. The Hall–Kier alpha value is -5.98. The highest BCUT2D eigenvalue weighted by Gasteiger charge is 2.18. The van der Waals surface area contributed by atoms with Crippen LogP contribution in [0.1, 0.15) is 22.3 Å². The van der Waals surface area contributed by atoms with Crippen LogP contribution in [0, 0.1) is 43.9 Å². The second-order valence-electron chi connectivity index (χ2n) is 9.51. The average molecular weight is 517 g/mol. The highest BCUT2D eigenvalue weighted by atomic mass is 16.6. The van der Waals surface area contributed by atoms with Gasteiger partial charge in [0.25, 0.3) is 11.4 Å². The zero-order valence-electron chi connectivity index (χ0n) is 20.8. The molecule has 0 aliphatic heterocycles. The highest BCUT2D eigenvalue weighted by molar-refractivity contribution is 6.35. The van der Waals surface area contributed by atoms with Crippen LogP contribution < -0.4 is 0 Å². The molecule has 0 heterocycles. The molecule has 0 bridgehead atoms. The molecule has 0 fully saturated rings. The lowest BCUT2D eigenvalue weighted by molar-refractivity contribution is -0.385. The number of nitro benzene ring substituents is 2. The first-order chi connectivity index (χ1) is 19.5. The van der Waals surface area contributed by atoms with E-state index in [4.69, 9.17) is 0 Å². The van der Waals surface area contributed by atoms with E-state index in [2.05, 4.69) is 60.1 Å². The Bertz CT molecular complexity index is 2100. The maximum atomic E-state index is 11.0. The topological polar surface area (TPSA) is 86.3 Å². The van der Waals surface area contributed by atoms with Crippen LogP contribution in [-0.4, -0.2) is 9.85 Å². The van der Waals surface area contributed by atoms with E-state index in [1.54, 1.807) is 24.3 Å². The third-order valence-corrected chi connectivity index (χ3v) is 7.24. The summed E-state index contributed by atoms with van der Waals surface area (Å²) in [4.78, 5) is 21.1. The van der Waals surface area contributed by atoms with E-state index in [0.29, 0.717) is 11.1 Å². The lowest BCUT2D eigenvalue weighted by Gasteiger charge is -2.06. The molecule has 0 aliphatic rings. The first kappa shape index (κ1) is 23.2. The average Bonchev–Trinajstić information content (AvgIpc) is 3.54. The molecule has 0 aliphatic carbocycles. The largest absolute Gasteiger partial charge is 0.269 e. The molecule has 0 spiro atoms. The summed E-state index contributed by atoms with van der Waals surface area (Å²) in [5, 5.41) is 30.8. The molecule has 186 valence electrons. The van der Waals surface area contributed by atoms with Gasteiger partial charge in [-0.25, -0.2) is 0 Å². The van der Waals surface area contributed by atoms with Crippen LogP contribution in [0.4, 0.5) is 11.4 Å². The van der Waals surface area contributed by atoms with Crippen molar-refractivity contribution in [3.05, 3.63) is 140 Å². The fourth-order valence-corrected chi connectivity index (χ4v) is 5.41. The second kappa shape index (κ2) is 8.80. The van der Waals surface area contributed by atoms with Crippen molar-refractivity contribution in [1.82, 2.24) is 0 Å². The van der Waals surface area contributed by atoms with Gasteiger partial charge >= 0.3 is 0 Å². The summed E-state index contributed by atoms with van der Waals surface area (Å²) >= 11 is 0. The number of nitrogens with zero attached hydrogens (tertiary/aromatic N) is 2. The standard InChI is InChI=1S/C34H16N2O4/c37-35(38)25-15-9-21(10-16-25)7-13-23-19-32-30-6-2-4-28-24(14-8-22-11-17-26(18-12-22)36(39)40)20-31(34(28)30)29-5-1-3-27(23)33(29)32/h1-6,9-12,15-20H. The van der Waals surface area contributed by atoms with Crippen LogP contribution >= 0.6 is 0 Å². The molecule has 0 amide bonds. The van der Waals surface area contributed by atoms with E-state index in [1.165, 1.54) is 24.3 Å². The van der Waals surface area contributed by atoms with Gasteiger partial charge in [-0.15, -0.1) is 0 Å². The van der Waals surface area contributed by atoms with E-state index >= 15 is 0 Å². The first-order valence-corrected chi connectivity index (χ1v) is 12.5. The van der Waals surface area contributed by atoms with Gasteiger partial charge in [0, 0.05) is 46.5 Å². The molecule has 0 unspecified atom stereocenters. The fraction of sp³-hybridized carbons (Fsp3) is 0. The quantitative estimate of drug-likeness (QED) is 0.102. The molecule has 0 aromatic heterocycles. The van der Waals surface area contributed by atoms with Crippen LogP contribution in [0.5, 0.6) is 0 Å². The fourth-order valence-electron chi connectivity index (χ4n) is 5.41. The summed E-state index contributed by atoms with van der Waals surface area (Å²) in [6, 6.07) is 29.2. The number of benzene rings is 5. The van der Waals surface area contributed by atoms with Crippen LogP contribution in [0.15, 0.2) is 97.1 Å². The van der Waals surface area contributed by atoms with Gasteiger partial charge in [-0.2, -0.15) is 0 Å². The summed E-state index contributed by atoms with van der Waals surface area (Å²) in [5.74, 6) is 12.9. The first-order valence-electron chi connectivity index (χ1n) is 12.5. The van der Waals surface area contributed by atoms with E-state index in [1.807, 2.05) is 12.1 Å². The maximum Gasteiger partial charge on any atom is 0.269 e. The highest BCUT2D eigenvalue weighted by Crippen LogP contribution is 2.44. The number of nitro groups is 2. The minimum absolute atomic E-state index is 0.0388. The van der Waals surface area contributed by atoms with E-state index < -0.39 is 9.85 Å². The molecule has 0 saturated carbocycles. The minimum atomic E-state index is -0.420. The number of fused-ring (bicyclic) bond motifs is 2. The molecule has 7 aromatic rings. The summed E-state index contributed by atoms with van der Waals surface area (Å²) in [7, 11) is 0. The molecule has 7 rings (SSSR count). The van der Waals surface area contributed by atoms with Gasteiger partial charge < -0.3 is 0 Å². The van der Waals surface area contributed by atoms with E-state index in [-0.39, 0.29) is 11.4 Å². The summed E-state index contributed by atoms with van der Waals surface area (Å²) < 4.78 is 0. The molecular weight excluding hydrogens is 500 g/mol. The predicted molar refractivity (Wildman–Crippen MR) is 157 cm³/mol. The van der Waals surface area contributed by atoms with Crippen molar-refractivity contribution in [1.29, 1.82) is 0 Å². The van der Waals surface area contributed by atoms with Crippen molar-refractivity contribution in [3.8, 4) is 23.7 Å². The third kappa shape index (κ3) is 3.64. The molecule has 0 radical (unpaired) electrons. The Labute approximate surface area is 227 Å². The SMILES string of the molecule is O=[N+]([O-])c1ccc(C#Cc2cc3c4cccc5c(C#Cc6ccc([N+](=O)[O-])cc6)cc(c6cccc2c63)c54)cc1. The van der Waals surface area contributed by atoms with Crippen LogP contribution in [0.2, 0.25) is 0 Å². The van der Waals surface area contributed by atoms with Crippen molar-refractivity contribution in [3.63, 3.8) is 0 Å². The zero-order valence-corrected chi connectivity index (χ0v) is 20.8. The molecule has 7 aromatic carbocycles. The number of rotatable bonds is 2. The Morgan fingerprint density at radius 3 is 1.20 bits per heavy atom. The Balaban J connectivity index is 1.37. The van der Waals surface area contributed by atoms with Gasteiger partial charge in [0.2, 0.25) is 0 Å². The number of hydrogen-bond acceptors (Lipinski definition) is 4. The van der Waals surface area contributed by atoms with Crippen molar-refractivity contribution >= 4 is 54.5 Å².